The van der Waals surface area contributed by atoms with Crippen LogP contribution in [0.1, 0.15) is 30.9 Å². The maximum absolute atomic E-state index is 14.0. The van der Waals surface area contributed by atoms with E-state index in [1.807, 2.05) is 18.2 Å². The van der Waals surface area contributed by atoms with E-state index in [1.165, 1.54) is 11.6 Å². The Morgan fingerprint density at radius 3 is 2.43 bits per heavy atom. The van der Waals surface area contributed by atoms with Gasteiger partial charge in [-0.3, -0.25) is 0 Å². The Balaban J connectivity index is 2.19. The number of halogens is 2. The third-order valence-corrected chi connectivity index (χ3v) is 3.76. The molecule has 0 aliphatic carbocycles. The van der Waals surface area contributed by atoms with E-state index < -0.39 is 0 Å². The molecule has 2 aromatic carbocycles. The van der Waals surface area contributed by atoms with Crippen molar-refractivity contribution in [2.75, 3.05) is 6.54 Å². The molecular weight excluding hydrogens is 285 g/mol. The van der Waals surface area contributed by atoms with Crippen molar-refractivity contribution in [3.05, 3.63) is 70.5 Å². The fourth-order valence-corrected chi connectivity index (χ4v) is 2.52. The Kier molecular flexibility index (Phi) is 5.77. The molecule has 0 bridgehead atoms. The van der Waals surface area contributed by atoms with Gasteiger partial charge in [0.2, 0.25) is 0 Å². The SMILES string of the molecule is CC(C)NCC(Cc1ccc(Cl)cc1F)c1ccccc1. The van der Waals surface area contributed by atoms with E-state index in [1.54, 1.807) is 12.1 Å². The van der Waals surface area contributed by atoms with E-state index in [-0.39, 0.29) is 11.7 Å². The fourth-order valence-electron chi connectivity index (χ4n) is 2.36. The van der Waals surface area contributed by atoms with Gasteiger partial charge in [0.25, 0.3) is 0 Å². The van der Waals surface area contributed by atoms with Gasteiger partial charge in [-0.05, 0) is 29.7 Å². The Labute approximate surface area is 131 Å². The summed E-state index contributed by atoms with van der Waals surface area (Å²) in [6.45, 7) is 5.06. The molecule has 0 heterocycles. The summed E-state index contributed by atoms with van der Waals surface area (Å²) in [6, 6.07) is 15.6. The lowest BCUT2D eigenvalue weighted by molar-refractivity contribution is 0.517. The van der Waals surface area contributed by atoms with Crippen LogP contribution in [0.2, 0.25) is 5.02 Å². The van der Waals surface area contributed by atoms with Crippen molar-refractivity contribution in [3.8, 4) is 0 Å². The summed E-state index contributed by atoms with van der Waals surface area (Å²) in [4.78, 5) is 0. The summed E-state index contributed by atoms with van der Waals surface area (Å²) in [5.41, 5.74) is 1.93. The van der Waals surface area contributed by atoms with Gasteiger partial charge < -0.3 is 5.32 Å². The Morgan fingerprint density at radius 1 is 1.10 bits per heavy atom. The zero-order chi connectivity index (χ0) is 15.2. The van der Waals surface area contributed by atoms with E-state index in [0.29, 0.717) is 23.0 Å². The lowest BCUT2D eigenvalue weighted by Gasteiger charge is -2.20. The molecule has 0 aliphatic rings. The van der Waals surface area contributed by atoms with Crippen LogP contribution in [0.3, 0.4) is 0 Å². The molecule has 3 heteroatoms. The summed E-state index contributed by atoms with van der Waals surface area (Å²) < 4.78 is 14.0. The first-order chi connectivity index (χ1) is 10.1. The summed E-state index contributed by atoms with van der Waals surface area (Å²) in [5, 5.41) is 3.88. The number of nitrogens with one attached hydrogen (secondary N) is 1. The van der Waals surface area contributed by atoms with Crippen LogP contribution >= 0.6 is 11.6 Å². The van der Waals surface area contributed by atoms with Gasteiger partial charge in [0.1, 0.15) is 5.82 Å². The Morgan fingerprint density at radius 2 is 1.81 bits per heavy atom. The largest absolute Gasteiger partial charge is 0.314 e. The minimum Gasteiger partial charge on any atom is -0.314 e. The summed E-state index contributed by atoms with van der Waals surface area (Å²) in [5.74, 6) is 0.0113. The number of hydrogen-bond donors (Lipinski definition) is 1. The standard InChI is InChI=1S/C18H21ClFN/c1-13(2)21-12-16(14-6-4-3-5-7-14)10-15-8-9-17(19)11-18(15)20/h3-9,11,13,16,21H,10,12H2,1-2H3. The van der Waals surface area contributed by atoms with Gasteiger partial charge in [-0.15, -0.1) is 0 Å². The molecule has 0 radical (unpaired) electrons. The first kappa shape index (κ1) is 16.0. The number of rotatable bonds is 6. The topological polar surface area (TPSA) is 12.0 Å². The van der Waals surface area contributed by atoms with Crippen molar-refractivity contribution in [2.24, 2.45) is 0 Å². The minimum atomic E-state index is -0.229. The number of hydrogen-bond acceptors (Lipinski definition) is 1. The molecule has 0 spiro atoms. The molecule has 1 unspecified atom stereocenters. The van der Waals surface area contributed by atoms with E-state index in [4.69, 9.17) is 11.6 Å². The number of benzene rings is 2. The highest BCUT2D eigenvalue weighted by atomic mass is 35.5. The highest BCUT2D eigenvalue weighted by Crippen LogP contribution is 2.23. The summed E-state index contributed by atoms with van der Waals surface area (Å²) in [6.07, 6.45) is 0.659. The average Bonchev–Trinajstić information content (AvgIpc) is 2.46. The van der Waals surface area contributed by atoms with Gasteiger partial charge in [-0.2, -0.15) is 0 Å². The second kappa shape index (κ2) is 7.58. The van der Waals surface area contributed by atoms with Crippen LogP contribution in [-0.2, 0) is 6.42 Å². The van der Waals surface area contributed by atoms with Crippen LogP contribution in [0.4, 0.5) is 4.39 Å². The minimum absolute atomic E-state index is 0.229. The Bertz CT molecular complexity index is 569. The summed E-state index contributed by atoms with van der Waals surface area (Å²) >= 11 is 5.82. The molecule has 0 amide bonds. The quantitative estimate of drug-likeness (QED) is 0.808. The molecule has 0 aliphatic heterocycles. The molecular formula is C18H21ClFN. The van der Waals surface area contributed by atoms with Crippen molar-refractivity contribution < 1.29 is 4.39 Å². The van der Waals surface area contributed by atoms with Gasteiger partial charge in [-0.1, -0.05) is 61.8 Å². The third kappa shape index (κ3) is 4.83. The van der Waals surface area contributed by atoms with E-state index in [2.05, 4.69) is 31.3 Å². The van der Waals surface area contributed by atoms with Crippen molar-refractivity contribution in [2.45, 2.75) is 32.2 Å². The van der Waals surface area contributed by atoms with Gasteiger partial charge >= 0.3 is 0 Å². The molecule has 1 N–H and O–H groups in total. The first-order valence-corrected chi connectivity index (χ1v) is 7.66. The van der Waals surface area contributed by atoms with Crippen molar-refractivity contribution in [1.82, 2.24) is 5.32 Å². The first-order valence-electron chi connectivity index (χ1n) is 7.28. The maximum Gasteiger partial charge on any atom is 0.127 e. The van der Waals surface area contributed by atoms with Crippen LogP contribution in [-0.4, -0.2) is 12.6 Å². The van der Waals surface area contributed by atoms with Crippen molar-refractivity contribution >= 4 is 11.6 Å². The molecule has 112 valence electrons. The van der Waals surface area contributed by atoms with Crippen molar-refractivity contribution in [3.63, 3.8) is 0 Å². The second-order valence-corrected chi connectivity index (χ2v) is 6.05. The van der Waals surface area contributed by atoms with Gasteiger partial charge in [0.15, 0.2) is 0 Å². The lowest BCUT2D eigenvalue weighted by Crippen LogP contribution is -2.29. The van der Waals surface area contributed by atoms with Gasteiger partial charge in [-0.25, -0.2) is 4.39 Å². The van der Waals surface area contributed by atoms with Gasteiger partial charge in [0, 0.05) is 23.5 Å². The zero-order valence-corrected chi connectivity index (χ0v) is 13.2. The molecule has 21 heavy (non-hydrogen) atoms. The molecule has 0 saturated carbocycles. The van der Waals surface area contributed by atoms with Gasteiger partial charge in [0.05, 0.1) is 0 Å². The molecule has 2 rings (SSSR count). The van der Waals surface area contributed by atoms with E-state index in [0.717, 1.165) is 6.54 Å². The molecule has 1 nitrogen and oxygen atoms in total. The highest BCUT2D eigenvalue weighted by molar-refractivity contribution is 6.30. The highest BCUT2D eigenvalue weighted by Gasteiger charge is 2.15. The lowest BCUT2D eigenvalue weighted by atomic mass is 9.91. The zero-order valence-electron chi connectivity index (χ0n) is 12.4. The summed E-state index contributed by atoms with van der Waals surface area (Å²) in [7, 11) is 0. The van der Waals surface area contributed by atoms with Crippen LogP contribution in [0.15, 0.2) is 48.5 Å². The van der Waals surface area contributed by atoms with Crippen LogP contribution in [0.5, 0.6) is 0 Å². The third-order valence-electron chi connectivity index (χ3n) is 3.52. The molecule has 0 aromatic heterocycles. The fraction of sp³-hybridized carbons (Fsp3) is 0.333. The smallest absolute Gasteiger partial charge is 0.127 e. The van der Waals surface area contributed by atoms with E-state index >= 15 is 0 Å². The predicted molar refractivity (Wildman–Crippen MR) is 87.4 cm³/mol. The van der Waals surface area contributed by atoms with Crippen LogP contribution < -0.4 is 5.32 Å². The molecule has 0 saturated heterocycles. The molecule has 2 aromatic rings. The Hall–Kier alpha value is -1.38. The van der Waals surface area contributed by atoms with Crippen LogP contribution in [0.25, 0.3) is 0 Å². The van der Waals surface area contributed by atoms with Crippen molar-refractivity contribution in [1.29, 1.82) is 0 Å². The maximum atomic E-state index is 14.0. The van der Waals surface area contributed by atoms with Crippen LogP contribution in [0, 0.1) is 5.82 Å². The average molecular weight is 306 g/mol. The second-order valence-electron chi connectivity index (χ2n) is 5.61. The predicted octanol–water partition coefficient (Wildman–Crippen LogP) is 4.80. The normalized spacial score (nSPS) is 12.6. The van der Waals surface area contributed by atoms with E-state index in [9.17, 15) is 4.39 Å². The monoisotopic (exact) mass is 305 g/mol. The molecule has 1 atom stereocenters. The molecule has 0 fully saturated rings.